The summed E-state index contributed by atoms with van der Waals surface area (Å²) in [5.74, 6) is -1.63. The van der Waals surface area contributed by atoms with E-state index in [1.54, 1.807) is 56.3 Å². The van der Waals surface area contributed by atoms with Gasteiger partial charge in [0.1, 0.15) is 5.75 Å². The molecular weight excluding hydrogens is 408 g/mol. The van der Waals surface area contributed by atoms with Crippen molar-refractivity contribution in [1.29, 1.82) is 0 Å². The maximum atomic E-state index is 12.1. The third-order valence-corrected chi connectivity index (χ3v) is 4.14. The van der Waals surface area contributed by atoms with Gasteiger partial charge in [0.25, 0.3) is 5.91 Å². The number of anilines is 1. The Kier molecular flexibility index (Phi) is 8.37. The first-order valence-electron chi connectivity index (χ1n) is 9.18. The number of carbonyl (C=O) groups excluding carboxylic acids is 3. The second-order valence-corrected chi connectivity index (χ2v) is 7.07. The summed E-state index contributed by atoms with van der Waals surface area (Å²) in [5, 5.41) is 9.48. The van der Waals surface area contributed by atoms with E-state index in [2.05, 4.69) is 21.2 Å². The molecular formula is C21H23ClN4O4. The lowest BCUT2D eigenvalue weighted by molar-refractivity contribution is -0.139. The number of hydrazone groups is 1. The molecule has 3 amide bonds. The van der Waals surface area contributed by atoms with Gasteiger partial charge in [-0.25, -0.2) is 5.43 Å². The van der Waals surface area contributed by atoms with Crippen molar-refractivity contribution in [3.8, 4) is 5.75 Å². The SMILES string of the molecule is Cc1ccc(NC(=O)COc2ccccc2/C=N\NC(=O)C(=O)NC(C)C)cc1Cl. The number of hydrogen-bond donors (Lipinski definition) is 3. The Balaban J connectivity index is 1.93. The third-order valence-electron chi connectivity index (χ3n) is 3.73. The van der Waals surface area contributed by atoms with E-state index in [1.807, 2.05) is 6.92 Å². The van der Waals surface area contributed by atoms with Gasteiger partial charge in [-0.2, -0.15) is 5.10 Å². The quantitative estimate of drug-likeness (QED) is 0.356. The lowest BCUT2D eigenvalue weighted by Gasteiger charge is -2.10. The van der Waals surface area contributed by atoms with Crippen LogP contribution in [-0.4, -0.2) is 36.6 Å². The maximum Gasteiger partial charge on any atom is 0.329 e. The molecule has 0 aliphatic rings. The van der Waals surface area contributed by atoms with Crippen molar-refractivity contribution in [2.45, 2.75) is 26.8 Å². The molecule has 158 valence electrons. The number of carbonyl (C=O) groups is 3. The van der Waals surface area contributed by atoms with Crippen LogP contribution in [0.4, 0.5) is 5.69 Å². The zero-order valence-electron chi connectivity index (χ0n) is 16.9. The highest BCUT2D eigenvalue weighted by Crippen LogP contribution is 2.20. The van der Waals surface area contributed by atoms with E-state index >= 15 is 0 Å². The monoisotopic (exact) mass is 430 g/mol. The summed E-state index contributed by atoms with van der Waals surface area (Å²) in [6, 6.07) is 11.9. The van der Waals surface area contributed by atoms with Crippen LogP contribution in [-0.2, 0) is 14.4 Å². The highest BCUT2D eigenvalue weighted by atomic mass is 35.5. The molecule has 0 spiro atoms. The molecule has 0 unspecified atom stereocenters. The molecule has 0 heterocycles. The van der Waals surface area contributed by atoms with E-state index < -0.39 is 11.8 Å². The highest BCUT2D eigenvalue weighted by molar-refractivity contribution is 6.35. The lowest BCUT2D eigenvalue weighted by atomic mass is 10.2. The number of para-hydroxylation sites is 1. The number of aryl methyl sites for hydroxylation is 1. The van der Waals surface area contributed by atoms with Crippen molar-refractivity contribution < 1.29 is 19.1 Å². The smallest absolute Gasteiger partial charge is 0.329 e. The maximum absolute atomic E-state index is 12.1. The van der Waals surface area contributed by atoms with Crippen LogP contribution >= 0.6 is 11.6 Å². The molecule has 0 aliphatic carbocycles. The van der Waals surface area contributed by atoms with Crippen LogP contribution in [0.5, 0.6) is 5.75 Å². The van der Waals surface area contributed by atoms with Gasteiger partial charge < -0.3 is 15.4 Å². The van der Waals surface area contributed by atoms with Crippen LogP contribution in [0.25, 0.3) is 0 Å². The number of benzene rings is 2. The summed E-state index contributed by atoms with van der Waals surface area (Å²) in [4.78, 5) is 35.4. The summed E-state index contributed by atoms with van der Waals surface area (Å²) in [6.07, 6.45) is 1.33. The van der Waals surface area contributed by atoms with E-state index in [-0.39, 0.29) is 18.6 Å². The van der Waals surface area contributed by atoms with E-state index in [4.69, 9.17) is 16.3 Å². The Morgan fingerprint density at radius 3 is 2.57 bits per heavy atom. The number of halogens is 1. The highest BCUT2D eigenvalue weighted by Gasteiger charge is 2.13. The zero-order chi connectivity index (χ0) is 22.1. The number of ether oxygens (including phenoxy) is 1. The van der Waals surface area contributed by atoms with Crippen molar-refractivity contribution >= 4 is 41.2 Å². The first kappa shape index (κ1) is 22.9. The van der Waals surface area contributed by atoms with Crippen LogP contribution in [0, 0.1) is 6.92 Å². The first-order chi connectivity index (χ1) is 14.3. The molecule has 0 saturated carbocycles. The number of nitrogens with one attached hydrogen (secondary N) is 3. The van der Waals surface area contributed by atoms with Gasteiger partial charge in [-0.15, -0.1) is 0 Å². The molecule has 0 bridgehead atoms. The molecule has 0 aromatic heterocycles. The molecule has 2 aromatic carbocycles. The van der Waals surface area contributed by atoms with Gasteiger partial charge >= 0.3 is 11.8 Å². The molecule has 2 aromatic rings. The van der Waals surface area contributed by atoms with Gasteiger partial charge in [-0.05, 0) is 50.6 Å². The van der Waals surface area contributed by atoms with E-state index in [1.165, 1.54) is 6.21 Å². The second-order valence-electron chi connectivity index (χ2n) is 6.67. The van der Waals surface area contributed by atoms with Crippen molar-refractivity contribution in [3.63, 3.8) is 0 Å². The Hall–Kier alpha value is -3.39. The largest absolute Gasteiger partial charge is 0.483 e. The Morgan fingerprint density at radius 2 is 1.87 bits per heavy atom. The molecule has 0 radical (unpaired) electrons. The van der Waals surface area contributed by atoms with Gasteiger partial charge in [-0.1, -0.05) is 29.8 Å². The fourth-order valence-corrected chi connectivity index (χ4v) is 2.45. The Morgan fingerprint density at radius 1 is 1.13 bits per heavy atom. The summed E-state index contributed by atoms with van der Waals surface area (Å²) >= 11 is 6.05. The summed E-state index contributed by atoms with van der Waals surface area (Å²) < 4.78 is 5.55. The molecule has 0 aliphatic heterocycles. The molecule has 0 atom stereocenters. The summed E-state index contributed by atoms with van der Waals surface area (Å²) in [7, 11) is 0. The minimum Gasteiger partial charge on any atom is -0.483 e. The van der Waals surface area contributed by atoms with Gasteiger partial charge in [0.05, 0.1) is 6.21 Å². The molecule has 3 N–H and O–H groups in total. The Labute approximate surface area is 179 Å². The van der Waals surface area contributed by atoms with Crippen molar-refractivity contribution in [2.75, 3.05) is 11.9 Å². The van der Waals surface area contributed by atoms with Crippen LogP contribution in [0.1, 0.15) is 25.0 Å². The van der Waals surface area contributed by atoms with Crippen molar-refractivity contribution in [3.05, 3.63) is 58.6 Å². The van der Waals surface area contributed by atoms with Crippen LogP contribution in [0.15, 0.2) is 47.6 Å². The molecule has 30 heavy (non-hydrogen) atoms. The predicted octanol–water partition coefficient (Wildman–Crippen LogP) is 2.64. The van der Waals surface area contributed by atoms with Crippen molar-refractivity contribution in [2.24, 2.45) is 5.10 Å². The van der Waals surface area contributed by atoms with E-state index in [9.17, 15) is 14.4 Å². The number of nitrogens with zero attached hydrogens (tertiary/aromatic N) is 1. The van der Waals surface area contributed by atoms with E-state index in [0.29, 0.717) is 22.0 Å². The minimum atomic E-state index is -0.880. The second kappa shape index (κ2) is 11.0. The van der Waals surface area contributed by atoms with E-state index in [0.717, 1.165) is 5.56 Å². The van der Waals surface area contributed by atoms with Gasteiger partial charge in [-0.3, -0.25) is 14.4 Å². The topological polar surface area (TPSA) is 109 Å². The molecule has 2 rings (SSSR count). The van der Waals surface area contributed by atoms with Gasteiger partial charge in [0.2, 0.25) is 0 Å². The van der Waals surface area contributed by atoms with Crippen LogP contribution in [0.2, 0.25) is 5.02 Å². The molecule has 9 heteroatoms. The Bertz CT molecular complexity index is 960. The fraction of sp³-hybridized carbons (Fsp3) is 0.238. The van der Waals surface area contributed by atoms with Crippen LogP contribution in [0.3, 0.4) is 0 Å². The predicted molar refractivity (Wildman–Crippen MR) is 116 cm³/mol. The minimum absolute atomic E-state index is 0.163. The molecule has 0 saturated heterocycles. The normalized spacial score (nSPS) is 10.7. The number of rotatable bonds is 7. The molecule has 0 fully saturated rings. The molecule has 8 nitrogen and oxygen atoms in total. The average Bonchev–Trinajstić information content (AvgIpc) is 2.69. The number of amides is 3. The zero-order valence-corrected chi connectivity index (χ0v) is 17.6. The van der Waals surface area contributed by atoms with Crippen LogP contribution < -0.4 is 20.8 Å². The van der Waals surface area contributed by atoms with Crippen molar-refractivity contribution in [1.82, 2.24) is 10.7 Å². The summed E-state index contributed by atoms with van der Waals surface area (Å²) in [5.41, 5.74) is 4.14. The third kappa shape index (κ3) is 7.21. The summed E-state index contributed by atoms with van der Waals surface area (Å²) in [6.45, 7) is 5.12. The van der Waals surface area contributed by atoms with Gasteiger partial charge in [0, 0.05) is 22.3 Å². The average molecular weight is 431 g/mol. The lowest BCUT2D eigenvalue weighted by Crippen LogP contribution is -2.41. The standard InChI is InChI=1S/C21H23ClN4O4/c1-13(2)24-20(28)21(29)26-23-11-15-6-4-5-7-18(15)30-12-19(27)25-16-9-8-14(3)17(22)10-16/h4-11,13H,12H2,1-3H3,(H,24,28)(H,25,27)(H,26,29)/b23-11-. The first-order valence-corrected chi connectivity index (χ1v) is 9.55. The number of hydrogen-bond acceptors (Lipinski definition) is 5. The fourth-order valence-electron chi connectivity index (χ4n) is 2.27. The van der Waals surface area contributed by atoms with Gasteiger partial charge in [0.15, 0.2) is 6.61 Å².